The van der Waals surface area contributed by atoms with Gasteiger partial charge in [0.05, 0.1) is 0 Å². The van der Waals surface area contributed by atoms with Crippen LogP contribution in [0.25, 0.3) is 0 Å². The van der Waals surface area contributed by atoms with Crippen molar-refractivity contribution < 1.29 is 4.79 Å². The van der Waals surface area contributed by atoms with Crippen LogP contribution in [0.5, 0.6) is 0 Å². The van der Waals surface area contributed by atoms with Crippen LogP contribution in [0.15, 0.2) is 0 Å². The van der Waals surface area contributed by atoms with Crippen molar-refractivity contribution in [2.24, 2.45) is 11.8 Å². The van der Waals surface area contributed by atoms with Crippen molar-refractivity contribution in [2.75, 3.05) is 39.3 Å². The van der Waals surface area contributed by atoms with E-state index in [1.165, 1.54) is 51.9 Å². The van der Waals surface area contributed by atoms with Gasteiger partial charge in [0.15, 0.2) is 0 Å². The van der Waals surface area contributed by atoms with E-state index in [1.807, 2.05) is 6.92 Å². The molecule has 2 fully saturated rings. The highest BCUT2D eigenvalue weighted by atomic mass is 16.1. The Bertz CT molecular complexity index is 302. The largest absolute Gasteiger partial charge is 0.303 e. The number of unbranched alkanes of at least 4 members (excludes halogenated alkanes) is 1. The maximum Gasteiger partial charge on any atom is 0.135 e. The third kappa shape index (κ3) is 5.71. The van der Waals surface area contributed by atoms with Crippen LogP contribution in [0.1, 0.15) is 58.8 Å². The van der Waals surface area contributed by atoms with E-state index < -0.39 is 0 Å². The number of likely N-dealkylation sites (tertiary alicyclic amines) is 2. The lowest BCUT2D eigenvalue weighted by Crippen LogP contribution is -2.37. The number of nitrogens with zero attached hydrogens (tertiary/aromatic N) is 2. The van der Waals surface area contributed by atoms with Gasteiger partial charge in [0.25, 0.3) is 0 Å². The average Bonchev–Trinajstić information content (AvgIpc) is 2.53. The first kappa shape index (κ1) is 17.0. The Hall–Kier alpha value is -0.410. The molecule has 2 rings (SSSR count). The minimum Gasteiger partial charge on any atom is -0.303 e. The molecule has 0 saturated carbocycles. The predicted molar refractivity (Wildman–Crippen MR) is 88.5 cm³/mol. The predicted octanol–water partition coefficient (Wildman–Crippen LogP) is 3.19. The fourth-order valence-corrected chi connectivity index (χ4v) is 3.72. The molecule has 0 amide bonds. The Morgan fingerprint density at radius 1 is 0.905 bits per heavy atom. The fourth-order valence-electron chi connectivity index (χ4n) is 3.72. The number of rotatable bonds is 7. The summed E-state index contributed by atoms with van der Waals surface area (Å²) in [5, 5.41) is 0. The maximum absolute atomic E-state index is 11.7. The molecule has 2 heterocycles. The van der Waals surface area contributed by atoms with Crippen molar-refractivity contribution in [1.29, 1.82) is 0 Å². The van der Waals surface area contributed by atoms with Gasteiger partial charge in [-0.25, -0.2) is 0 Å². The van der Waals surface area contributed by atoms with Crippen LogP contribution < -0.4 is 0 Å². The summed E-state index contributed by atoms with van der Waals surface area (Å²) in [6, 6.07) is 0. The zero-order valence-corrected chi connectivity index (χ0v) is 14.1. The molecule has 0 aliphatic carbocycles. The quantitative estimate of drug-likeness (QED) is 0.674. The lowest BCUT2D eigenvalue weighted by Gasteiger charge is -2.32. The van der Waals surface area contributed by atoms with Crippen LogP contribution in [-0.4, -0.2) is 54.9 Å². The lowest BCUT2D eigenvalue weighted by molar-refractivity contribution is -0.123. The second-order valence-corrected chi connectivity index (χ2v) is 7.17. The van der Waals surface area contributed by atoms with Gasteiger partial charge >= 0.3 is 0 Å². The van der Waals surface area contributed by atoms with Gasteiger partial charge in [0.1, 0.15) is 5.78 Å². The summed E-state index contributed by atoms with van der Waals surface area (Å²) in [5.74, 6) is 1.78. The average molecular weight is 294 g/mol. The molecule has 0 aromatic heterocycles. The molecule has 3 nitrogen and oxygen atoms in total. The second kappa shape index (κ2) is 8.89. The molecule has 2 aliphatic heterocycles. The molecule has 0 radical (unpaired) electrons. The highest BCUT2D eigenvalue weighted by Gasteiger charge is 2.23. The van der Waals surface area contributed by atoms with Gasteiger partial charge in [-0.15, -0.1) is 0 Å². The number of hydrogen-bond acceptors (Lipinski definition) is 3. The number of carbonyl (C=O) groups is 1. The van der Waals surface area contributed by atoms with Crippen LogP contribution in [0.2, 0.25) is 0 Å². The molecule has 0 aromatic carbocycles. The topological polar surface area (TPSA) is 23.6 Å². The van der Waals surface area contributed by atoms with E-state index in [0.29, 0.717) is 11.7 Å². The minimum absolute atomic E-state index is 0.363. The van der Waals surface area contributed by atoms with Gasteiger partial charge in [0, 0.05) is 12.3 Å². The van der Waals surface area contributed by atoms with Gasteiger partial charge in [-0.1, -0.05) is 13.8 Å². The summed E-state index contributed by atoms with van der Waals surface area (Å²) in [4.78, 5) is 16.9. The van der Waals surface area contributed by atoms with Crippen molar-refractivity contribution in [3.8, 4) is 0 Å². The second-order valence-electron chi connectivity index (χ2n) is 7.17. The van der Waals surface area contributed by atoms with E-state index in [0.717, 1.165) is 38.3 Å². The number of hydrogen-bond donors (Lipinski definition) is 0. The molecular formula is C18H34N2O. The molecule has 0 N–H and O–H groups in total. The van der Waals surface area contributed by atoms with Crippen molar-refractivity contribution in [2.45, 2.75) is 58.8 Å². The maximum atomic E-state index is 11.7. The lowest BCUT2D eigenvalue weighted by atomic mass is 9.91. The van der Waals surface area contributed by atoms with Crippen LogP contribution in [0.4, 0.5) is 0 Å². The molecule has 21 heavy (non-hydrogen) atoms. The first-order chi connectivity index (χ1) is 10.2. The van der Waals surface area contributed by atoms with Gasteiger partial charge in [-0.2, -0.15) is 0 Å². The highest BCUT2D eigenvalue weighted by Crippen LogP contribution is 2.20. The summed E-state index contributed by atoms with van der Waals surface area (Å²) in [6.07, 6.45) is 8.34. The zero-order valence-electron chi connectivity index (χ0n) is 14.1. The molecule has 2 saturated heterocycles. The molecule has 2 aliphatic rings. The molecule has 0 bridgehead atoms. The standard InChI is InChI=1S/C18H34N2O/c1-3-18(21)17-8-14-20(15-9-17)11-5-4-10-19-12-6-16(2)7-13-19/h16-17H,3-15H2,1-2H3. The number of carbonyl (C=O) groups excluding carboxylic acids is 1. The third-order valence-electron chi connectivity index (χ3n) is 5.47. The van der Waals surface area contributed by atoms with E-state index in [-0.39, 0.29) is 0 Å². The first-order valence-electron chi connectivity index (χ1n) is 9.16. The van der Waals surface area contributed by atoms with Crippen LogP contribution in [0, 0.1) is 11.8 Å². The summed E-state index contributed by atoms with van der Waals surface area (Å²) in [6.45, 7) is 11.8. The molecule has 3 heteroatoms. The number of ketones is 1. The van der Waals surface area contributed by atoms with Gasteiger partial charge in [-0.3, -0.25) is 4.79 Å². The molecule has 0 unspecified atom stereocenters. The smallest absolute Gasteiger partial charge is 0.135 e. The first-order valence-corrected chi connectivity index (χ1v) is 9.16. The summed E-state index contributed by atoms with van der Waals surface area (Å²) >= 11 is 0. The number of Topliss-reactive ketones (excluding diaryl/α,β-unsaturated/α-hetero) is 1. The summed E-state index contributed by atoms with van der Waals surface area (Å²) < 4.78 is 0. The third-order valence-corrected chi connectivity index (χ3v) is 5.47. The zero-order chi connectivity index (χ0) is 15.1. The van der Waals surface area contributed by atoms with Crippen LogP contribution in [0.3, 0.4) is 0 Å². The van der Waals surface area contributed by atoms with Gasteiger partial charge in [0.2, 0.25) is 0 Å². The molecule has 0 spiro atoms. The van der Waals surface area contributed by atoms with Crippen molar-refractivity contribution in [3.05, 3.63) is 0 Å². The Labute approximate surface area is 131 Å². The molecular weight excluding hydrogens is 260 g/mol. The van der Waals surface area contributed by atoms with E-state index in [1.54, 1.807) is 0 Å². The van der Waals surface area contributed by atoms with E-state index in [4.69, 9.17) is 0 Å². The molecule has 0 aromatic rings. The van der Waals surface area contributed by atoms with E-state index >= 15 is 0 Å². The Morgan fingerprint density at radius 2 is 1.38 bits per heavy atom. The van der Waals surface area contributed by atoms with E-state index in [2.05, 4.69) is 16.7 Å². The highest BCUT2D eigenvalue weighted by molar-refractivity contribution is 5.80. The van der Waals surface area contributed by atoms with Crippen molar-refractivity contribution >= 4 is 5.78 Å². The van der Waals surface area contributed by atoms with Crippen molar-refractivity contribution in [1.82, 2.24) is 9.80 Å². The Balaban J connectivity index is 1.51. The van der Waals surface area contributed by atoms with Crippen LogP contribution >= 0.6 is 0 Å². The number of piperidine rings is 2. The SMILES string of the molecule is CCC(=O)C1CCN(CCCCN2CCC(C)CC2)CC1. The Kier molecular flexibility index (Phi) is 7.18. The minimum atomic E-state index is 0.363. The van der Waals surface area contributed by atoms with Gasteiger partial charge < -0.3 is 9.80 Å². The Morgan fingerprint density at radius 3 is 1.86 bits per heavy atom. The monoisotopic (exact) mass is 294 g/mol. The molecule has 0 atom stereocenters. The summed E-state index contributed by atoms with van der Waals surface area (Å²) in [7, 11) is 0. The van der Waals surface area contributed by atoms with Gasteiger partial charge in [-0.05, 0) is 83.7 Å². The molecule has 122 valence electrons. The normalized spacial score (nSPS) is 23.5. The van der Waals surface area contributed by atoms with Crippen molar-refractivity contribution in [3.63, 3.8) is 0 Å². The van der Waals surface area contributed by atoms with E-state index in [9.17, 15) is 4.79 Å². The fraction of sp³-hybridized carbons (Fsp3) is 0.944. The van der Waals surface area contributed by atoms with Crippen LogP contribution in [-0.2, 0) is 4.79 Å². The summed E-state index contributed by atoms with van der Waals surface area (Å²) in [5.41, 5.74) is 0.